The highest BCUT2D eigenvalue weighted by atomic mass is 16.3. The van der Waals surface area contributed by atoms with E-state index in [-0.39, 0.29) is 0 Å². The molecule has 0 aliphatic heterocycles. The van der Waals surface area contributed by atoms with Gasteiger partial charge in [-0.15, -0.1) is 0 Å². The predicted octanol–water partition coefficient (Wildman–Crippen LogP) is 3.54. The third-order valence-electron chi connectivity index (χ3n) is 3.88. The Balaban J connectivity index is 1.64. The van der Waals surface area contributed by atoms with Gasteiger partial charge in [-0.2, -0.15) is 0 Å². The lowest BCUT2D eigenvalue weighted by Crippen LogP contribution is -2.26. The van der Waals surface area contributed by atoms with Crippen molar-refractivity contribution in [2.75, 3.05) is 0 Å². The molecule has 1 N–H and O–H groups in total. The van der Waals surface area contributed by atoms with Crippen LogP contribution in [0.15, 0.2) is 39.6 Å². The van der Waals surface area contributed by atoms with Crippen LogP contribution in [-0.2, 0) is 19.6 Å². The summed E-state index contributed by atoms with van der Waals surface area (Å²) < 4.78 is 11.1. The van der Waals surface area contributed by atoms with Crippen LogP contribution in [0.2, 0.25) is 0 Å². The fourth-order valence-corrected chi connectivity index (χ4v) is 2.54. The third kappa shape index (κ3) is 3.99. The van der Waals surface area contributed by atoms with Gasteiger partial charge in [-0.25, -0.2) is 0 Å². The van der Waals surface area contributed by atoms with Gasteiger partial charge >= 0.3 is 0 Å². The second-order valence-electron chi connectivity index (χ2n) is 6.12. The molecule has 21 heavy (non-hydrogen) atoms. The highest BCUT2D eigenvalue weighted by Crippen LogP contribution is 2.30. The van der Waals surface area contributed by atoms with Gasteiger partial charge in [0.15, 0.2) is 0 Å². The number of nitrogens with zero attached hydrogens (tertiary/aromatic N) is 1. The molecule has 1 fully saturated rings. The lowest BCUT2D eigenvalue weighted by atomic mass is 10.2. The first-order valence-electron chi connectivity index (χ1n) is 7.77. The summed E-state index contributed by atoms with van der Waals surface area (Å²) in [5.41, 5.74) is 1.28. The Labute approximate surface area is 126 Å². The first-order chi connectivity index (χ1) is 10.2. The Bertz CT molecular complexity index is 541. The molecule has 0 radical (unpaired) electrons. The van der Waals surface area contributed by atoms with Crippen molar-refractivity contribution in [3.8, 4) is 0 Å². The quantitative estimate of drug-likeness (QED) is 0.806. The van der Waals surface area contributed by atoms with Crippen LogP contribution in [0, 0.1) is 0 Å². The van der Waals surface area contributed by atoms with E-state index in [0.717, 1.165) is 31.2 Å². The molecule has 4 nitrogen and oxygen atoms in total. The summed E-state index contributed by atoms with van der Waals surface area (Å²) in [6.07, 6.45) is 6.12. The fourth-order valence-electron chi connectivity index (χ4n) is 2.54. The Morgan fingerprint density at radius 2 is 2.05 bits per heavy atom. The minimum Gasteiger partial charge on any atom is -0.468 e. The first-order valence-corrected chi connectivity index (χ1v) is 7.77. The molecule has 2 aromatic heterocycles. The second-order valence-corrected chi connectivity index (χ2v) is 6.12. The van der Waals surface area contributed by atoms with Crippen LogP contribution in [0.4, 0.5) is 0 Å². The number of furan rings is 2. The van der Waals surface area contributed by atoms with Crippen LogP contribution in [-0.4, -0.2) is 17.0 Å². The Hall–Kier alpha value is -1.52. The van der Waals surface area contributed by atoms with E-state index in [1.165, 1.54) is 18.4 Å². The molecule has 2 aromatic rings. The van der Waals surface area contributed by atoms with Crippen LogP contribution in [0.1, 0.15) is 43.8 Å². The van der Waals surface area contributed by atoms with Crippen LogP contribution < -0.4 is 5.32 Å². The van der Waals surface area contributed by atoms with E-state index in [0.29, 0.717) is 12.1 Å². The standard InChI is InChI=1S/C17H24N2O2/c1-13(2)18-10-17-14(7-9-21-17)11-19(15-5-6-15)12-16-4-3-8-20-16/h3-4,7-9,13,15,18H,5-6,10-12H2,1-2H3. The summed E-state index contributed by atoms with van der Waals surface area (Å²) in [4.78, 5) is 2.49. The minimum atomic E-state index is 0.464. The lowest BCUT2D eigenvalue weighted by Gasteiger charge is -2.20. The maximum Gasteiger partial charge on any atom is 0.122 e. The van der Waals surface area contributed by atoms with Crippen molar-refractivity contribution in [2.45, 2.75) is 58.4 Å². The highest BCUT2D eigenvalue weighted by molar-refractivity contribution is 5.17. The van der Waals surface area contributed by atoms with E-state index < -0.39 is 0 Å². The lowest BCUT2D eigenvalue weighted by molar-refractivity contribution is 0.223. The summed E-state index contributed by atoms with van der Waals surface area (Å²) in [6.45, 7) is 6.89. The monoisotopic (exact) mass is 288 g/mol. The van der Waals surface area contributed by atoms with Crippen LogP contribution >= 0.6 is 0 Å². The Morgan fingerprint density at radius 1 is 1.19 bits per heavy atom. The number of nitrogens with one attached hydrogen (secondary N) is 1. The van der Waals surface area contributed by atoms with E-state index in [1.54, 1.807) is 12.5 Å². The maximum absolute atomic E-state index is 5.64. The van der Waals surface area contributed by atoms with E-state index in [1.807, 2.05) is 12.1 Å². The SMILES string of the molecule is CC(C)NCc1occc1CN(Cc1ccco1)C1CC1. The van der Waals surface area contributed by atoms with Gasteiger partial charge in [0, 0.05) is 24.2 Å². The zero-order valence-electron chi connectivity index (χ0n) is 12.8. The van der Waals surface area contributed by atoms with E-state index in [9.17, 15) is 0 Å². The molecule has 0 saturated heterocycles. The average Bonchev–Trinajstić information content (AvgIpc) is 3.00. The van der Waals surface area contributed by atoms with Gasteiger partial charge in [-0.1, -0.05) is 13.8 Å². The van der Waals surface area contributed by atoms with Crippen molar-refractivity contribution >= 4 is 0 Å². The first kappa shape index (κ1) is 14.4. The molecule has 0 spiro atoms. The van der Waals surface area contributed by atoms with Gasteiger partial charge < -0.3 is 14.2 Å². The average molecular weight is 288 g/mol. The summed E-state index contributed by atoms with van der Waals surface area (Å²) in [6, 6.07) is 7.25. The topological polar surface area (TPSA) is 41.6 Å². The number of rotatable bonds is 8. The van der Waals surface area contributed by atoms with Gasteiger partial charge in [0.25, 0.3) is 0 Å². The van der Waals surface area contributed by atoms with E-state index in [2.05, 4.69) is 30.1 Å². The van der Waals surface area contributed by atoms with Crippen LogP contribution in [0.25, 0.3) is 0 Å². The molecule has 0 amide bonds. The molecular formula is C17H24N2O2. The predicted molar refractivity (Wildman–Crippen MR) is 81.7 cm³/mol. The minimum absolute atomic E-state index is 0.464. The second kappa shape index (κ2) is 6.50. The van der Waals surface area contributed by atoms with Gasteiger partial charge in [0.05, 0.1) is 25.6 Å². The zero-order valence-corrected chi connectivity index (χ0v) is 12.8. The van der Waals surface area contributed by atoms with E-state index >= 15 is 0 Å². The molecule has 0 aromatic carbocycles. The summed E-state index contributed by atoms with van der Waals surface area (Å²) in [7, 11) is 0. The van der Waals surface area contributed by atoms with Crippen molar-refractivity contribution in [1.29, 1.82) is 0 Å². The van der Waals surface area contributed by atoms with Crippen molar-refractivity contribution < 1.29 is 8.83 Å². The number of hydrogen-bond acceptors (Lipinski definition) is 4. The largest absolute Gasteiger partial charge is 0.468 e. The summed E-state index contributed by atoms with van der Waals surface area (Å²) >= 11 is 0. The van der Waals surface area contributed by atoms with Crippen molar-refractivity contribution in [1.82, 2.24) is 10.2 Å². The molecule has 0 atom stereocenters. The fraction of sp³-hybridized carbons (Fsp3) is 0.529. The molecule has 1 saturated carbocycles. The number of hydrogen-bond donors (Lipinski definition) is 1. The molecule has 0 unspecified atom stereocenters. The molecule has 1 aliphatic carbocycles. The van der Waals surface area contributed by atoms with Crippen molar-refractivity contribution in [3.63, 3.8) is 0 Å². The molecule has 0 bridgehead atoms. The van der Waals surface area contributed by atoms with E-state index in [4.69, 9.17) is 8.83 Å². The molecule has 4 heteroatoms. The van der Waals surface area contributed by atoms with Gasteiger partial charge in [0.1, 0.15) is 11.5 Å². The van der Waals surface area contributed by atoms with Crippen molar-refractivity contribution in [2.24, 2.45) is 0 Å². The van der Waals surface area contributed by atoms with Gasteiger partial charge in [0.2, 0.25) is 0 Å². The Morgan fingerprint density at radius 3 is 2.71 bits per heavy atom. The Kier molecular flexibility index (Phi) is 4.46. The van der Waals surface area contributed by atoms with Gasteiger partial charge in [-0.05, 0) is 31.0 Å². The van der Waals surface area contributed by atoms with Crippen LogP contribution in [0.3, 0.4) is 0 Å². The van der Waals surface area contributed by atoms with Crippen molar-refractivity contribution in [3.05, 3.63) is 47.8 Å². The molecule has 1 aliphatic rings. The smallest absolute Gasteiger partial charge is 0.122 e. The molecular weight excluding hydrogens is 264 g/mol. The third-order valence-corrected chi connectivity index (χ3v) is 3.88. The zero-order chi connectivity index (χ0) is 14.7. The van der Waals surface area contributed by atoms with Gasteiger partial charge in [-0.3, -0.25) is 4.90 Å². The molecule has 3 rings (SSSR count). The molecule has 2 heterocycles. The molecule has 114 valence electrons. The maximum atomic E-state index is 5.64. The highest BCUT2D eigenvalue weighted by Gasteiger charge is 2.30. The van der Waals surface area contributed by atoms with Crippen LogP contribution in [0.5, 0.6) is 0 Å². The normalized spacial score (nSPS) is 15.2. The summed E-state index contributed by atoms with van der Waals surface area (Å²) in [5.74, 6) is 2.08. The summed E-state index contributed by atoms with van der Waals surface area (Å²) in [5, 5.41) is 3.42.